The maximum absolute atomic E-state index is 13.4. The fraction of sp³-hybridized carbons (Fsp3) is 0.667. The van der Waals surface area contributed by atoms with E-state index in [0.717, 1.165) is 42.5 Å². The molecule has 2 amide bonds. The van der Waals surface area contributed by atoms with Crippen LogP contribution in [0.3, 0.4) is 0 Å². The number of aliphatic hydroxyl groups is 1. The Labute approximate surface area is 191 Å². The Bertz CT molecular complexity index is 770. The number of aryl methyl sites for hydroxylation is 2. The number of nitrogens with one attached hydrogen (secondary N) is 2. The molecule has 0 spiro atoms. The third-order valence-electron chi connectivity index (χ3n) is 7.12. The first-order chi connectivity index (χ1) is 14.7. The van der Waals surface area contributed by atoms with Crippen molar-refractivity contribution >= 4 is 17.5 Å². The number of likely N-dealkylation sites (N-methyl/N-ethyl adjacent to an activating group) is 1. The second-order valence-corrected chi connectivity index (χ2v) is 9.45. The zero-order valence-electron chi connectivity index (χ0n) is 19.9. The van der Waals surface area contributed by atoms with Crippen molar-refractivity contribution in [2.75, 3.05) is 39.0 Å². The SMILES string of the molecule is Cc1cccc(C)c1NC(=O)C1(N(C)C)CCN(CC(=O)NC2CCCCC2O)CC1.O. The molecule has 3 rings (SSSR count). The van der Waals surface area contributed by atoms with Gasteiger partial charge in [0, 0.05) is 18.8 Å². The van der Waals surface area contributed by atoms with Crippen molar-refractivity contribution in [3.63, 3.8) is 0 Å². The number of piperidine rings is 1. The van der Waals surface area contributed by atoms with Crippen molar-refractivity contribution in [2.45, 2.75) is 70.1 Å². The Kier molecular flexibility index (Phi) is 9.21. The molecule has 8 nitrogen and oxygen atoms in total. The second kappa shape index (κ2) is 11.2. The molecule has 5 N–H and O–H groups in total. The van der Waals surface area contributed by atoms with Gasteiger partial charge in [0.1, 0.15) is 5.54 Å². The van der Waals surface area contributed by atoms with Crippen molar-refractivity contribution < 1.29 is 20.2 Å². The van der Waals surface area contributed by atoms with Crippen LogP contribution in [0.2, 0.25) is 0 Å². The first kappa shape index (κ1) is 26.3. The first-order valence-corrected chi connectivity index (χ1v) is 11.5. The summed E-state index contributed by atoms with van der Waals surface area (Å²) >= 11 is 0. The van der Waals surface area contributed by atoms with E-state index < -0.39 is 11.6 Å². The molecule has 2 unspecified atom stereocenters. The summed E-state index contributed by atoms with van der Waals surface area (Å²) in [7, 11) is 3.91. The van der Waals surface area contributed by atoms with E-state index in [1.165, 1.54) is 0 Å². The van der Waals surface area contributed by atoms with Gasteiger partial charge in [-0.15, -0.1) is 0 Å². The van der Waals surface area contributed by atoms with Gasteiger partial charge in [-0.2, -0.15) is 0 Å². The summed E-state index contributed by atoms with van der Waals surface area (Å²) in [5.41, 5.74) is 2.41. The molecule has 32 heavy (non-hydrogen) atoms. The number of para-hydroxylation sites is 1. The molecule has 1 aromatic rings. The van der Waals surface area contributed by atoms with Crippen LogP contribution in [-0.2, 0) is 9.59 Å². The molecule has 2 fully saturated rings. The lowest BCUT2D eigenvalue weighted by molar-refractivity contribution is -0.130. The van der Waals surface area contributed by atoms with Gasteiger partial charge in [0.25, 0.3) is 0 Å². The number of likely N-dealkylation sites (tertiary alicyclic amines) is 1. The van der Waals surface area contributed by atoms with Gasteiger partial charge in [0.15, 0.2) is 0 Å². The minimum Gasteiger partial charge on any atom is -0.412 e. The largest absolute Gasteiger partial charge is 0.412 e. The monoisotopic (exact) mass is 448 g/mol. The number of hydrogen-bond acceptors (Lipinski definition) is 5. The fourth-order valence-electron chi connectivity index (χ4n) is 4.94. The standard InChI is InChI=1S/C24H38N4O3.H2O/c1-17-8-7-9-18(2)22(17)26-23(31)24(27(3)4)12-14-28(15-13-24)16-21(30)25-19-10-5-6-11-20(19)29;/h7-9,19-20,29H,5-6,10-16H2,1-4H3,(H,25,30)(H,26,31);1H2. The van der Waals surface area contributed by atoms with E-state index in [2.05, 4.69) is 15.5 Å². The van der Waals surface area contributed by atoms with Gasteiger partial charge in [-0.05, 0) is 64.8 Å². The van der Waals surface area contributed by atoms with Crippen LogP contribution in [0.1, 0.15) is 49.7 Å². The van der Waals surface area contributed by atoms with Gasteiger partial charge in [-0.1, -0.05) is 31.0 Å². The van der Waals surface area contributed by atoms with E-state index in [1.807, 2.05) is 51.0 Å². The predicted octanol–water partition coefficient (Wildman–Crippen LogP) is 1.23. The summed E-state index contributed by atoms with van der Waals surface area (Å²) in [6.07, 6.45) is 4.56. The molecule has 1 saturated carbocycles. The van der Waals surface area contributed by atoms with Crippen molar-refractivity contribution in [3.8, 4) is 0 Å². The number of aliphatic hydroxyl groups excluding tert-OH is 1. The zero-order valence-corrected chi connectivity index (χ0v) is 19.9. The van der Waals surface area contributed by atoms with Gasteiger partial charge >= 0.3 is 0 Å². The van der Waals surface area contributed by atoms with Gasteiger partial charge in [0.05, 0.1) is 18.7 Å². The third kappa shape index (κ3) is 5.86. The molecule has 180 valence electrons. The quantitative estimate of drug-likeness (QED) is 0.605. The number of carbonyl (C=O) groups is 2. The number of rotatable bonds is 6. The maximum Gasteiger partial charge on any atom is 0.244 e. The molecular weight excluding hydrogens is 408 g/mol. The normalized spacial score (nSPS) is 23.3. The van der Waals surface area contributed by atoms with Crippen molar-refractivity contribution in [3.05, 3.63) is 29.3 Å². The fourth-order valence-corrected chi connectivity index (χ4v) is 4.94. The Morgan fingerprint density at radius 2 is 1.72 bits per heavy atom. The lowest BCUT2D eigenvalue weighted by Gasteiger charge is -2.44. The molecule has 1 saturated heterocycles. The highest BCUT2D eigenvalue weighted by Crippen LogP contribution is 2.30. The van der Waals surface area contributed by atoms with Crippen LogP contribution in [0.25, 0.3) is 0 Å². The van der Waals surface area contributed by atoms with Crippen molar-refractivity contribution in [1.82, 2.24) is 15.1 Å². The van der Waals surface area contributed by atoms with E-state index >= 15 is 0 Å². The van der Waals surface area contributed by atoms with Gasteiger partial charge in [-0.25, -0.2) is 0 Å². The Balaban J connectivity index is 0.00000363. The third-order valence-corrected chi connectivity index (χ3v) is 7.12. The summed E-state index contributed by atoms with van der Waals surface area (Å²) in [6.45, 7) is 5.69. The van der Waals surface area contributed by atoms with Crippen molar-refractivity contribution in [2.24, 2.45) is 0 Å². The molecule has 2 atom stereocenters. The highest BCUT2D eigenvalue weighted by molar-refractivity contribution is 5.99. The number of anilines is 1. The Hall–Kier alpha value is -2.00. The topological polar surface area (TPSA) is 116 Å². The first-order valence-electron chi connectivity index (χ1n) is 11.5. The van der Waals surface area contributed by atoms with Crippen LogP contribution < -0.4 is 10.6 Å². The van der Waals surface area contributed by atoms with Crippen LogP contribution in [0.5, 0.6) is 0 Å². The van der Waals surface area contributed by atoms with E-state index in [0.29, 0.717) is 32.5 Å². The highest BCUT2D eigenvalue weighted by atomic mass is 16.3. The van der Waals surface area contributed by atoms with E-state index in [4.69, 9.17) is 0 Å². The zero-order chi connectivity index (χ0) is 22.6. The molecule has 8 heteroatoms. The second-order valence-electron chi connectivity index (χ2n) is 9.45. The highest BCUT2D eigenvalue weighted by Gasteiger charge is 2.43. The maximum atomic E-state index is 13.4. The Morgan fingerprint density at radius 3 is 2.28 bits per heavy atom. The number of benzene rings is 1. The average molecular weight is 449 g/mol. The molecule has 1 aliphatic carbocycles. The van der Waals surface area contributed by atoms with Gasteiger partial charge in [-0.3, -0.25) is 19.4 Å². The Morgan fingerprint density at radius 1 is 1.12 bits per heavy atom. The van der Waals surface area contributed by atoms with E-state index in [9.17, 15) is 14.7 Å². The summed E-state index contributed by atoms with van der Waals surface area (Å²) in [5, 5.41) is 16.3. The minimum absolute atomic E-state index is 0. The molecule has 1 aromatic carbocycles. The molecule has 1 aliphatic heterocycles. The molecule has 0 radical (unpaired) electrons. The molecule has 0 bridgehead atoms. The van der Waals surface area contributed by atoms with Gasteiger partial charge in [0.2, 0.25) is 11.8 Å². The van der Waals surface area contributed by atoms with Crippen LogP contribution in [0.4, 0.5) is 5.69 Å². The molecule has 1 heterocycles. The van der Waals surface area contributed by atoms with Crippen LogP contribution >= 0.6 is 0 Å². The van der Waals surface area contributed by atoms with E-state index in [-0.39, 0.29) is 23.3 Å². The van der Waals surface area contributed by atoms with Gasteiger partial charge < -0.3 is 21.2 Å². The number of hydrogen-bond donors (Lipinski definition) is 3. The molecule has 2 aliphatic rings. The molecular formula is C24H40N4O4. The summed E-state index contributed by atoms with van der Waals surface area (Å²) in [4.78, 5) is 30.0. The smallest absolute Gasteiger partial charge is 0.244 e. The number of nitrogens with zero attached hydrogens (tertiary/aromatic N) is 2. The number of amides is 2. The van der Waals surface area contributed by atoms with Crippen LogP contribution in [0.15, 0.2) is 18.2 Å². The summed E-state index contributed by atoms with van der Waals surface area (Å²) in [6, 6.07) is 5.89. The van der Waals surface area contributed by atoms with Crippen molar-refractivity contribution in [1.29, 1.82) is 0 Å². The predicted molar refractivity (Wildman–Crippen MR) is 127 cm³/mol. The van der Waals surface area contributed by atoms with E-state index in [1.54, 1.807) is 0 Å². The summed E-state index contributed by atoms with van der Waals surface area (Å²) < 4.78 is 0. The van der Waals surface area contributed by atoms with Crippen LogP contribution in [-0.4, -0.2) is 83.6 Å². The average Bonchev–Trinajstić information content (AvgIpc) is 2.73. The molecule has 0 aromatic heterocycles. The van der Waals surface area contributed by atoms with Crippen LogP contribution in [0, 0.1) is 13.8 Å². The lowest BCUT2D eigenvalue weighted by Crippen LogP contribution is -2.60. The number of carbonyl (C=O) groups excluding carboxylic acids is 2. The summed E-state index contributed by atoms with van der Waals surface area (Å²) in [5.74, 6) is -0.0207. The lowest BCUT2D eigenvalue weighted by atomic mass is 9.85. The minimum atomic E-state index is -0.596.